The predicted octanol–water partition coefficient (Wildman–Crippen LogP) is 2.84. The van der Waals surface area contributed by atoms with E-state index in [1.165, 1.54) is 5.56 Å². The van der Waals surface area contributed by atoms with Crippen molar-refractivity contribution in [2.24, 2.45) is 0 Å². The summed E-state index contributed by atoms with van der Waals surface area (Å²) in [7, 11) is 0. The number of carboxylic acid groups (broad SMARTS) is 1. The Morgan fingerprint density at radius 2 is 1.93 bits per heavy atom. The molecule has 2 aromatic carbocycles. The Morgan fingerprint density at radius 1 is 1.20 bits per heavy atom. The van der Waals surface area contributed by atoms with Crippen molar-refractivity contribution in [2.75, 3.05) is 0 Å². The topological polar surface area (TPSA) is 37.3 Å². The van der Waals surface area contributed by atoms with Gasteiger partial charge in [-0.15, -0.1) is 0 Å². The van der Waals surface area contributed by atoms with Crippen molar-refractivity contribution in [3.8, 4) is 0 Å². The second-order valence-corrected chi connectivity index (χ2v) is 3.32. The number of hydrogen-bond acceptors (Lipinski definition) is 1. The van der Waals surface area contributed by atoms with Crippen LogP contribution in [0.2, 0.25) is 0 Å². The van der Waals surface area contributed by atoms with Crippen molar-refractivity contribution < 1.29 is 29.4 Å². The van der Waals surface area contributed by atoms with E-state index in [9.17, 15) is 4.79 Å². The molecule has 0 bridgehead atoms. The van der Waals surface area contributed by atoms with Gasteiger partial charge in [0, 0.05) is 19.5 Å². The molecule has 0 amide bonds. The summed E-state index contributed by atoms with van der Waals surface area (Å²) in [6.07, 6.45) is 0. The van der Waals surface area contributed by atoms with Crippen LogP contribution < -0.4 is 0 Å². The molecule has 0 fully saturated rings. The molecule has 0 heterocycles. The maximum absolute atomic E-state index is 10.7. The molecule has 0 saturated heterocycles. The maximum atomic E-state index is 10.7. The number of carboxylic acids is 1. The Balaban J connectivity index is 0.00000112. The third-order valence-corrected chi connectivity index (χ3v) is 2.35. The molecular formula is C12H10O2Zn. The van der Waals surface area contributed by atoms with Crippen LogP contribution in [0.1, 0.15) is 15.9 Å². The zero-order valence-corrected chi connectivity index (χ0v) is 11.5. The molecule has 0 aliphatic rings. The number of fused-ring (bicyclic) bond motifs is 1. The summed E-state index contributed by atoms with van der Waals surface area (Å²) in [4.78, 5) is 10.7. The van der Waals surface area contributed by atoms with E-state index in [-0.39, 0.29) is 19.5 Å². The standard InChI is InChI=1S/C12H10O2.Zn/c1-8-3-2-4-9-7-10(12(13)14)5-6-11(8)9;/h2-7H,1H3,(H,13,14);. The molecule has 1 N–H and O–H groups in total. The molecule has 72 valence electrons. The van der Waals surface area contributed by atoms with Crippen LogP contribution in [-0.2, 0) is 19.5 Å². The summed E-state index contributed by atoms with van der Waals surface area (Å²) in [6.45, 7) is 2.02. The van der Waals surface area contributed by atoms with Gasteiger partial charge in [0.1, 0.15) is 0 Å². The first-order chi connectivity index (χ1) is 6.68. The van der Waals surface area contributed by atoms with Gasteiger partial charge in [-0.05, 0) is 35.4 Å². The largest absolute Gasteiger partial charge is 0.478 e. The number of hydrogen-bond donors (Lipinski definition) is 1. The SMILES string of the molecule is Cc1cccc2cc(C(=O)O)ccc12.[Zn]. The van der Waals surface area contributed by atoms with Gasteiger partial charge in [-0.1, -0.05) is 24.3 Å². The van der Waals surface area contributed by atoms with E-state index in [0.29, 0.717) is 5.56 Å². The summed E-state index contributed by atoms with van der Waals surface area (Å²) in [5.41, 5.74) is 1.50. The molecule has 0 aliphatic heterocycles. The third kappa shape index (κ3) is 2.24. The van der Waals surface area contributed by atoms with Crippen LogP contribution in [0.3, 0.4) is 0 Å². The summed E-state index contributed by atoms with van der Waals surface area (Å²) in [5, 5.41) is 10.9. The van der Waals surface area contributed by atoms with Crippen LogP contribution in [0.4, 0.5) is 0 Å². The average molecular weight is 252 g/mol. The van der Waals surface area contributed by atoms with E-state index >= 15 is 0 Å². The zero-order valence-electron chi connectivity index (χ0n) is 8.53. The smallest absolute Gasteiger partial charge is 0.335 e. The van der Waals surface area contributed by atoms with Crippen LogP contribution in [0.5, 0.6) is 0 Å². The summed E-state index contributed by atoms with van der Waals surface area (Å²) in [6, 6.07) is 11.1. The maximum Gasteiger partial charge on any atom is 0.335 e. The van der Waals surface area contributed by atoms with Crippen molar-refractivity contribution in [1.29, 1.82) is 0 Å². The van der Waals surface area contributed by atoms with Gasteiger partial charge in [-0.25, -0.2) is 4.79 Å². The fourth-order valence-corrected chi connectivity index (χ4v) is 1.58. The molecule has 3 heteroatoms. The summed E-state index contributed by atoms with van der Waals surface area (Å²) >= 11 is 0. The van der Waals surface area contributed by atoms with Crippen LogP contribution in [0.15, 0.2) is 36.4 Å². The molecular weight excluding hydrogens is 242 g/mol. The van der Waals surface area contributed by atoms with Gasteiger partial charge < -0.3 is 5.11 Å². The first-order valence-electron chi connectivity index (χ1n) is 4.41. The molecule has 0 aliphatic carbocycles. The normalized spacial score (nSPS) is 9.67. The molecule has 2 aromatic rings. The first kappa shape index (κ1) is 11.9. The van der Waals surface area contributed by atoms with Crippen LogP contribution >= 0.6 is 0 Å². The van der Waals surface area contributed by atoms with Gasteiger partial charge in [0.05, 0.1) is 5.56 Å². The van der Waals surface area contributed by atoms with Gasteiger partial charge in [0.2, 0.25) is 0 Å². The molecule has 0 spiro atoms. The van der Waals surface area contributed by atoms with Crippen molar-refractivity contribution >= 4 is 16.7 Å². The monoisotopic (exact) mass is 250 g/mol. The van der Waals surface area contributed by atoms with Crippen LogP contribution in [0, 0.1) is 6.92 Å². The van der Waals surface area contributed by atoms with E-state index in [4.69, 9.17) is 5.11 Å². The Labute approximate surface area is 101 Å². The minimum atomic E-state index is -0.881. The van der Waals surface area contributed by atoms with Gasteiger partial charge in [0.25, 0.3) is 0 Å². The average Bonchev–Trinajstić information content (AvgIpc) is 2.17. The van der Waals surface area contributed by atoms with Crippen molar-refractivity contribution in [3.63, 3.8) is 0 Å². The Morgan fingerprint density at radius 3 is 2.60 bits per heavy atom. The predicted molar refractivity (Wildman–Crippen MR) is 55.6 cm³/mol. The third-order valence-electron chi connectivity index (χ3n) is 2.35. The number of aryl methyl sites for hydroxylation is 1. The minimum absolute atomic E-state index is 0. The molecule has 0 atom stereocenters. The fourth-order valence-electron chi connectivity index (χ4n) is 1.58. The van der Waals surface area contributed by atoms with E-state index in [2.05, 4.69) is 0 Å². The minimum Gasteiger partial charge on any atom is -0.478 e. The molecule has 2 rings (SSSR count). The Hall–Kier alpha value is -1.21. The van der Waals surface area contributed by atoms with Crippen molar-refractivity contribution in [3.05, 3.63) is 47.5 Å². The molecule has 2 nitrogen and oxygen atoms in total. The van der Waals surface area contributed by atoms with Crippen molar-refractivity contribution in [2.45, 2.75) is 6.92 Å². The van der Waals surface area contributed by atoms with E-state index < -0.39 is 5.97 Å². The van der Waals surface area contributed by atoms with Crippen LogP contribution in [-0.4, -0.2) is 11.1 Å². The van der Waals surface area contributed by atoms with E-state index in [0.717, 1.165) is 10.8 Å². The van der Waals surface area contributed by atoms with Crippen LogP contribution in [0.25, 0.3) is 10.8 Å². The van der Waals surface area contributed by atoms with Gasteiger partial charge in [-0.2, -0.15) is 0 Å². The van der Waals surface area contributed by atoms with E-state index in [1.54, 1.807) is 12.1 Å². The zero-order chi connectivity index (χ0) is 10.1. The molecule has 0 saturated carbocycles. The van der Waals surface area contributed by atoms with Crippen molar-refractivity contribution in [1.82, 2.24) is 0 Å². The fraction of sp³-hybridized carbons (Fsp3) is 0.0833. The number of rotatable bonds is 1. The number of carbonyl (C=O) groups is 1. The van der Waals surface area contributed by atoms with Gasteiger partial charge in [0.15, 0.2) is 0 Å². The summed E-state index contributed by atoms with van der Waals surface area (Å²) in [5.74, 6) is -0.881. The second-order valence-electron chi connectivity index (χ2n) is 3.32. The molecule has 0 unspecified atom stereocenters. The molecule has 0 radical (unpaired) electrons. The molecule has 15 heavy (non-hydrogen) atoms. The Kier molecular flexibility index (Phi) is 3.59. The first-order valence-corrected chi connectivity index (χ1v) is 4.41. The van der Waals surface area contributed by atoms with Gasteiger partial charge >= 0.3 is 5.97 Å². The quantitative estimate of drug-likeness (QED) is 0.792. The second kappa shape index (κ2) is 4.54. The number of benzene rings is 2. The summed E-state index contributed by atoms with van der Waals surface area (Å²) < 4.78 is 0. The Bertz CT molecular complexity index is 506. The molecule has 0 aromatic heterocycles. The number of aromatic carboxylic acids is 1. The van der Waals surface area contributed by atoms with Gasteiger partial charge in [-0.3, -0.25) is 0 Å². The van der Waals surface area contributed by atoms with E-state index in [1.807, 2.05) is 31.2 Å².